The molecule has 3 aromatic carbocycles. The van der Waals surface area contributed by atoms with E-state index in [1.165, 1.54) is 17.1 Å². The molecule has 0 aliphatic heterocycles. The van der Waals surface area contributed by atoms with Crippen molar-refractivity contribution < 1.29 is 19.4 Å². The minimum atomic E-state index is -1.46. The van der Waals surface area contributed by atoms with Crippen molar-refractivity contribution in [1.29, 1.82) is 0 Å². The number of benzene rings is 3. The first-order valence-electron chi connectivity index (χ1n) is 9.22. The summed E-state index contributed by atoms with van der Waals surface area (Å²) in [4.78, 5) is 30.2. The quantitative estimate of drug-likeness (QED) is 0.425. The zero-order chi connectivity index (χ0) is 21.4. The highest BCUT2D eigenvalue weighted by molar-refractivity contribution is 5.84. The van der Waals surface area contributed by atoms with Crippen molar-refractivity contribution in [1.82, 2.24) is 19.7 Å². The molecule has 0 aliphatic rings. The topological polar surface area (TPSA) is 119 Å². The Morgan fingerprint density at radius 3 is 2.58 bits per heavy atom. The maximum absolute atomic E-state index is 12.6. The number of nitrogens with one attached hydrogen (secondary N) is 1. The van der Waals surface area contributed by atoms with Crippen molar-refractivity contribution in [3.8, 4) is 23.2 Å². The largest absolute Gasteiger partial charge is 0.511 e. The summed E-state index contributed by atoms with van der Waals surface area (Å²) in [6.45, 7) is 0. The van der Waals surface area contributed by atoms with Gasteiger partial charge in [-0.1, -0.05) is 30.3 Å². The third-order valence-corrected chi connectivity index (χ3v) is 4.60. The van der Waals surface area contributed by atoms with Gasteiger partial charge in [-0.15, -0.1) is 0 Å². The van der Waals surface area contributed by atoms with E-state index in [9.17, 15) is 9.59 Å². The molecule has 0 aliphatic carbocycles. The Hall–Kier alpha value is -4.66. The van der Waals surface area contributed by atoms with Crippen LogP contribution in [0.5, 0.6) is 17.2 Å². The zero-order valence-corrected chi connectivity index (χ0v) is 15.9. The second-order valence-electron chi connectivity index (χ2n) is 6.67. The predicted octanol–water partition coefficient (Wildman–Crippen LogP) is 4.11. The van der Waals surface area contributed by atoms with Crippen molar-refractivity contribution in [2.24, 2.45) is 0 Å². The summed E-state index contributed by atoms with van der Waals surface area (Å²) in [5.74, 6) is 1.29. The van der Waals surface area contributed by atoms with E-state index >= 15 is 0 Å². The van der Waals surface area contributed by atoms with Gasteiger partial charge in [-0.2, -0.15) is 5.10 Å². The fraction of sp³-hybridized carbons (Fsp3) is 0. The molecule has 2 heterocycles. The van der Waals surface area contributed by atoms with Crippen molar-refractivity contribution in [3.63, 3.8) is 0 Å². The third-order valence-electron chi connectivity index (χ3n) is 4.60. The van der Waals surface area contributed by atoms with Crippen LogP contribution in [-0.2, 0) is 0 Å². The maximum atomic E-state index is 12.6. The summed E-state index contributed by atoms with van der Waals surface area (Å²) in [5.41, 5.74) is 0.0426. The Morgan fingerprint density at radius 1 is 0.968 bits per heavy atom. The number of hydrogen-bond acceptors (Lipinski definition) is 6. The second kappa shape index (κ2) is 7.30. The third kappa shape index (κ3) is 3.67. The molecular weight excluding hydrogens is 400 g/mol. The highest BCUT2D eigenvalue weighted by Gasteiger charge is 2.11. The van der Waals surface area contributed by atoms with E-state index in [2.05, 4.69) is 19.8 Å². The van der Waals surface area contributed by atoms with Crippen LogP contribution in [0.4, 0.5) is 4.79 Å². The average molecular weight is 414 g/mol. The lowest BCUT2D eigenvalue weighted by atomic mass is 10.1. The van der Waals surface area contributed by atoms with Gasteiger partial charge in [0.1, 0.15) is 11.5 Å². The normalized spacial score (nSPS) is 11.0. The van der Waals surface area contributed by atoms with Gasteiger partial charge < -0.3 is 14.6 Å². The first kappa shape index (κ1) is 18.4. The molecule has 5 rings (SSSR count). The minimum absolute atomic E-state index is 0.00868. The van der Waals surface area contributed by atoms with E-state index < -0.39 is 6.16 Å². The van der Waals surface area contributed by atoms with E-state index in [1.54, 1.807) is 18.2 Å². The van der Waals surface area contributed by atoms with Crippen molar-refractivity contribution in [2.45, 2.75) is 0 Å². The first-order valence-corrected chi connectivity index (χ1v) is 9.22. The second-order valence-corrected chi connectivity index (χ2v) is 6.67. The average Bonchev–Trinajstić information content (AvgIpc) is 3.22. The lowest BCUT2D eigenvalue weighted by Gasteiger charge is -2.08. The van der Waals surface area contributed by atoms with Gasteiger partial charge >= 0.3 is 6.16 Å². The smallest absolute Gasteiger partial charge is 0.457 e. The van der Waals surface area contributed by atoms with Crippen LogP contribution in [0.25, 0.3) is 27.6 Å². The number of rotatable bonds is 4. The Labute approximate surface area is 174 Å². The molecule has 152 valence electrons. The number of hydrogen-bond donors (Lipinski definition) is 2. The van der Waals surface area contributed by atoms with Gasteiger partial charge in [-0.05, 0) is 41.1 Å². The molecule has 9 nitrogen and oxygen atoms in total. The molecule has 0 radical (unpaired) electrons. The van der Waals surface area contributed by atoms with Gasteiger partial charge in [0.2, 0.25) is 5.95 Å². The van der Waals surface area contributed by atoms with Crippen LogP contribution in [0.3, 0.4) is 0 Å². The monoisotopic (exact) mass is 414 g/mol. The van der Waals surface area contributed by atoms with Crippen LogP contribution in [-0.4, -0.2) is 31.0 Å². The van der Waals surface area contributed by atoms with Gasteiger partial charge in [0.05, 0.1) is 23.3 Å². The van der Waals surface area contributed by atoms with Crippen LogP contribution >= 0.6 is 0 Å². The molecule has 0 spiro atoms. The number of nitrogens with zero attached hydrogens (tertiary/aromatic N) is 3. The highest BCUT2D eigenvalue weighted by Crippen LogP contribution is 2.27. The fourth-order valence-corrected chi connectivity index (χ4v) is 3.22. The van der Waals surface area contributed by atoms with Crippen LogP contribution < -0.4 is 15.0 Å². The van der Waals surface area contributed by atoms with Crippen LogP contribution in [0.2, 0.25) is 0 Å². The minimum Gasteiger partial charge on any atom is -0.457 e. The molecule has 2 N–H and O–H groups in total. The molecule has 0 bridgehead atoms. The molecule has 0 unspecified atom stereocenters. The van der Waals surface area contributed by atoms with Crippen LogP contribution in [0.1, 0.15) is 0 Å². The van der Waals surface area contributed by atoms with E-state index in [-0.39, 0.29) is 17.3 Å². The van der Waals surface area contributed by atoms with E-state index in [1.807, 2.05) is 42.5 Å². The summed E-state index contributed by atoms with van der Waals surface area (Å²) in [7, 11) is 0. The molecule has 0 amide bonds. The molecule has 0 fully saturated rings. The highest BCUT2D eigenvalue weighted by atomic mass is 16.7. The summed E-state index contributed by atoms with van der Waals surface area (Å²) in [6, 6.07) is 18.7. The number of carbonyl (C=O) groups is 1. The van der Waals surface area contributed by atoms with Crippen molar-refractivity contribution >= 4 is 27.8 Å². The number of aromatic amines is 1. The standard InChI is InChI=1S/C22H14N4O5/c27-20-18-10-16(30-15-6-5-13-3-1-2-4-14(13)9-15)7-8-19(18)24-21(25-20)26-12-17(11-23-26)31-22(28)29/h1-12H,(H,28,29)(H,24,25,27). The number of H-pyrrole nitrogens is 1. The molecule has 31 heavy (non-hydrogen) atoms. The van der Waals surface area contributed by atoms with Gasteiger partial charge in [0.15, 0.2) is 5.75 Å². The number of ether oxygens (including phenoxy) is 2. The van der Waals surface area contributed by atoms with Crippen molar-refractivity contribution in [3.05, 3.63) is 83.4 Å². The molecule has 0 atom stereocenters. The van der Waals surface area contributed by atoms with Crippen LogP contribution in [0.15, 0.2) is 77.9 Å². The maximum Gasteiger partial charge on any atom is 0.511 e. The lowest BCUT2D eigenvalue weighted by Crippen LogP contribution is -2.13. The van der Waals surface area contributed by atoms with Gasteiger partial charge in [-0.3, -0.25) is 9.78 Å². The summed E-state index contributed by atoms with van der Waals surface area (Å²) in [5, 5.41) is 15.1. The molecule has 0 saturated carbocycles. The summed E-state index contributed by atoms with van der Waals surface area (Å²) < 4.78 is 11.7. The Bertz CT molecular complexity index is 1510. The first-order chi connectivity index (χ1) is 15.0. The van der Waals surface area contributed by atoms with E-state index in [0.717, 1.165) is 10.8 Å². The molecule has 2 aromatic heterocycles. The summed E-state index contributed by atoms with van der Waals surface area (Å²) in [6.07, 6.45) is 1.05. The van der Waals surface area contributed by atoms with Gasteiger partial charge in [-0.25, -0.2) is 14.5 Å². The van der Waals surface area contributed by atoms with Gasteiger partial charge in [0, 0.05) is 0 Å². The number of aromatic nitrogens is 4. The predicted molar refractivity (Wildman–Crippen MR) is 112 cm³/mol. The SMILES string of the molecule is O=C(O)Oc1cnn(-c2nc3ccc(Oc4ccc5ccccc5c4)cc3c(=O)[nH]2)c1. The lowest BCUT2D eigenvalue weighted by molar-refractivity contribution is 0.144. The molecule has 0 saturated heterocycles. The molecule has 5 aromatic rings. The number of fused-ring (bicyclic) bond motifs is 2. The van der Waals surface area contributed by atoms with Gasteiger partial charge in [0.25, 0.3) is 5.56 Å². The zero-order valence-electron chi connectivity index (χ0n) is 15.9. The van der Waals surface area contributed by atoms with E-state index in [0.29, 0.717) is 22.4 Å². The number of carboxylic acid groups (broad SMARTS) is 1. The molecular formula is C22H14N4O5. The van der Waals surface area contributed by atoms with Crippen LogP contribution in [0, 0.1) is 0 Å². The Kier molecular flexibility index (Phi) is 4.33. The van der Waals surface area contributed by atoms with E-state index in [4.69, 9.17) is 9.84 Å². The Balaban J connectivity index is 1.46. The molecule has 9 heteroatoms. The van der Waals surface area contributed by atoms with Crippen molar-refractivity contribution in [2.75, 3.05) is 0 Å². The summed E-state index contributed by atoms with van der Waals surface area (Å²) >= 11 is 0. The Morgan fingerprint density at radius 2 is 1.74 bits per heavy atom. The fourth-order valence-electron chi connectivity index (χ4n) is 3.22.